The summed E-state index contributed by atoms with van der Waals surface area (Å²) >= 11 is 0. The first kappa shape index (κ1) is 15.0. The van der Waals surface area contributed by atoms with Gasteiger partial charge in [0.1, 0.15) is 6.10 Å². The van der Waals surface area contributed by atoms with Crippen LogP contribution >= 0.6 is 0 Å². The molecule has 3 atom stereocenters. The molecule has 7 heteroatoms. The van der Waals surface area contributed by atoms with Gasteiger partial charge < -0.3 is 30.8 Å². The largest absolute Gasteiger partial charge is 0.394 e. The molecule has 0 aromatic rings. The highest BCUT2D eigenvalue weighted by molar-refractivity contribution is 5.82. The van der Waals surface area contributed by atoms with Gasteiger partial charge in [0.15, 0.2) is 11.7 Å². The van der Waals surface area contributed by atoms with Crippen LogP contribution in [0.2, 0.25) is 0 Å². The lowest BCUT2D eigenvalue weighted by atomic mass is 9.90. The molecule has 0 aromatic heterocycles. The van der Waals surface area contributed by atoms with Gasteiger partial charge >= 0.3 is 0 Å². The average molecular weight is 235 g/mol. The SMILES string of the molecule is C=CCNC(=O)C(O)C(O)(CO)C(O)CO. The smallest absolute Gasteiger partial charge is 0.252 e. The lowest BCUT2D eigenvalue weighted by Crippen LogP contribution is -2.61. The maximum absolute atomic E-state index is 11.3. The topological polar surface area (TPSA) is 130 Å². The number of aliphatic hydroxyl groups is 5. The lowest BCUT2D eigenvalue weighted by Gasteiger charge is -2.33. The van der Waals surface area contributed by atoms with Crippen molar-refractivity contribution in [3.8, 4) is 0 Å². The number of hydrogen-bond donors (Lipinski definition) is 6. The molecule has 0 rings (SSSR count). The van der Waals surface area contributed by atoms with Crippen molar-refractivity contribution in [2.75, 3.05) is 19.8 Å². The standard InChI is InChI=1S/C9H17NO6/c1-2-3-10-8(15)7(14)9(16,5-12)6(13)4-11/h2,6-7,11-14,16H,1,3-5H2,(H,10,15). The van der Waals surface area contributed by atoms with Crippen molar-refractivity contribution in [1.82, 2.24) is 5.32 Å². The van der Waals surface area contributed by atoms with Crippen molar-refractivity contribution < 1.29 is 30.3 Å². The molecule has 0 radical (unpaired) electrons. The van der Waals surface area contributed by atoms with Crippen molar-refractivity contribution in [2.45, 2.75) is 17.8 Å². The van der Waals surface area contributed by atoms with E-state index in [9.17, 15) is 20.1 Å². The van der Waals surface area contributed by atoms with Crippen molar-refractivity contribution in [3.63, 3.8) is 0 Å². The zero-order valence-electron chi connectivity index (χ0n) is 8.70. The van der Waals surface area contributed by atoms with E-state index >= 15 is 0 Å². The van der Waals surface area contributed by atoms with Crippen LogP contribution in [0.15, 0.2) is 12.7 Å². The van der Waals surface area contributed by atoms with Gasteiger partial charge in [0, 0.05) is 6.54 Å². The second-order valence-electron chi connectivity index (χ2n) is 3.28. The van der Waals surface area contributed by atoms with Crippen molar-refractivity contribution in [2.24, 2.45) is 0 Å². The molecule has 3 unspecified atom stereocenters. The Balaban J connectivity index is 4.68. The number of aliphatic hydroxyl groups excluding tert-OH is 4. The number of rotatable bonds is 7. The van der Waals surface area contributed by atoms with Gasteiger partial charge in [-0.15, -0.1) is 6.58 Å². The van der Waals surface area contributed by atoms with Gasteiger partial charge in [-0.3, -0.25) is 4.79 Å². The molecule has 0 aromatic carbocycles. The maximum atomic E-state index is 11.3. The van der Waals surface area contributed by atoms with Crippen LogP contribution < -0.4 is 5.32 Å². The molecule has 0 saturated carbocycles. The number of carbonyl (C=O) groups is 1. The summed E-state index contributed by atoms with van der Waals surface area (Å²) in [5.74, 6) is -0.982. The maximum Gasteiger partial charge on any atom is 0.252 e. The van der Waals surface area contributed by atoms with Crippen molar-refractivity contribution >= 4 is 5.91 Å². The molecular formula is C9H17NO6. The van der Waals surface area contributed by atoms with Crippen LogP contribution in [-0.2, 0) is 4.79 Å². The minimum absolute atomic E-state index is 0.0621. The molecule has 7 nitrogen and oxygen atoms in total. The Labute approximate surface area is 92.7 Å². The highest BCUT2D eigenvalue weighted by Crippen LogP contribution is 2.15. The van der Waals surface area contributed by atoms with E-state index in [4.69, 9.17) is 10.2 Å². The van der Waals surface area contributed by atoms with E-state index in [1.165, 1.54) is 6.08 Å². The van der Waals surface area contributed by atoms with Gasteiger partial charge in [-0.05, 0) is 0 Å². The predicted molar refractivity (Wildman–Crippen MR) is 54.3 cm³/mol. The molecule has 0 saturated heterocycles. The van der Waals surface area contributed by atoms with Gasteiger partial charge in [-0.2, -0.15) is 0 Å². The molecule has 6 N–H and O–H groups in total. The van der Waals surface area contributed by atoms with E-state index in [-0.39, 0.29) is 6.54 Å². The molecule has 0 aliphatic heterocycles. The third-order valence-electron chi connectivity index (χ3n) is 2.15. The minimum atomic E-state index is -2.50. The van der Waals surface area contributed by atoms with Crippen molar-refractivity contribution in [3.05, 3.63) is 12.7 Å². The van der Waals surface area contributed by atoms with Gasteiger partial charge in [-0.1, -0.05) is 6.08 Å². The summed E-state index contributed by atoms with van der Waals surface area (Å²) in [6.07, 6.45) is -2.54. The van der Waals surface area contributed by atoms with E-state index in [0.717, 1.165) is 0 Å². The second kappa shape index (κ2) is 6.56. The summed E-state index contributed by atoms with van der Waals surface area (Å²) in [7, 11) is 0. The molecule has 0 bridgehead atoms. The Hall–Kier alpha value is -0.990. The summed E-state index contributed by atoms with van der Waals surface area (Å²) < 4.78 is 0. The quantitative estimate of drug-likeness (QED) is 0.257. The van der Waals surface area contributed by atoms with Crippen LogP contribution in [-0.4, -0.2) is 69.0 Å². The second-order valence-corrected chi connectivity index (χ2v) is 3.28. The first-order valence-electron chi connectivity index (χ1n) is 4.62. The zero-order chi connectivity index (χ0) is 12.8. The highest BCUT2D eigenvalue weighted by atomic mass is 16.4. The Bertz CT molecular complexity index is 246. The minimum Gasteiger partial charge on any atom is -0.394 e. The van der Waals surface area contributed by atoms with Gasteiger partial charge in [-0.25, -0.2) is 0 Å². The van der Waals surface area contributed by atoms with Gasteiger partial charge in [0.25, 0.3) is 5.91 Å². The molecule has 16 heavy (non-hydrogen) atoms. The zero-order valence-corrected chi connectivity index (χ0v) is 8.70. The Morgan fingerprint density at radius 2 is 2.00 bits per heavy atom. The third-order valence-corrected chi connectivity index (χ3v) is 2.15. The van der Waals surface area contributed by atoms with Gasteiger partial charge in [0.2, 0.25) is 0 Å². The van der Waals surface area contributed by atoms with Crippen molar-refractivity contribution in [1.29, 1.82) is 0 Å². The Kier molecular flexibility index (Phi) is 6.16. The van der Waals surface area contributed by atoms with E-state index in [1.807, 2.05) is 0 Å². The first-order chi connectivity index (χ1) is 7.43. The van der Waals surface area contributed by atoms with Crippen LogP contribution in [0.4, 0.5) is 0 Å². The van der Waals surface area contributed by atoms with Crippen LogP contribution in [0.5, 0.6) is 0 Å². The molecule has 94 valence electrons. The van der Waals surface area contributed by atoms with Crippen LogP contribution in [0.1, 0.15) is 0 Å². The number of amides is 1. The molecular weight excluding hydrogens is 218 g/mol. The van der Waals surface area contributed by atoms with Crippen LogP contribution in [0.25, 0.3) is 0 Å². The summed E-state index contributed by atoms with van der Waals surface area (Å²) in [5, 5.41) is 47.9. The summed E-state index contributed by atoms with van der Waals surface area (Å²) in [6, 6.07) is 0. The number of nitrogens with one attached hydrogen (secondary N) is 1. The third kappa shape index (κ3) is 3.26. The predicted octanol–water partition coefficient (Wildman–Crippen LogP) is -3.27. The van der Waals surface area contributed by atoms with Crippen LogP contribution in [0.3, 0.4) is 0 Å². The summed E-state index contributed by atoms with van der Waals surface area (Å²) in [5.41, 5.74) is -2.50. The summed E-state index contributed by atoms with van der Waals surface area (Å²) in [6.45, 7) is 1.42. The Morgan fingerprint density at radius 3 is 2.38 bits per heavy atom. The van der Waals surface area contributed by atoms with E-state index in [1.54, 1.807) is 0 Å². The fourth-order valence-corrected chi connectivity index (χ4v) is 1.03. The fourth-order valence-electron chi connectivity index (χ4n) is 1.03. The molecule has 0 fully saturated rings. The normalized spacial score (nSPS) is 18.3. The molecule has 0 aliphatic rings. The highest BCUT2D eigenvalue weighted by Gasteiger charge is 2.45. The number of carbonyl (C=O) groups excluding carboxylic acids is 1. The first-order valence-corrected chi connectivity index (χ1v) is 4.62. The van der Waals surface area contributed by atoms with E-state index in [2.05, 4.69) is 11.9 Å². The number of hydrogen-bond acceptors (Lipinski definition) is 6. The molecule has 1 amide bonds. The fraction of sp³-hybridized carbons (Fsp3) is 0.667. The van der Waals surface area contributed by atoms with Crippen LogP contribution in [0, 0.1) is 0 Å². The Morgan fingerprint density at radius 1 is 1.44 bits per heavy atom. The lowest BCUT2D eigenvalue weighted by molar-refractivity contribution is -0.184. The van der Waals surface area contributed by atoms with Gasteiger partial charge in [0.05, 0.1) is 13.2 Å². The molecule has 0 heterocycles. The molecule has 0 spiro atoms. The average Bonchev–Trinajstić information content (AvgIpc) is 2.32. The molecule has 0 aliphatic carbocycles. The van der Waals surface area contributed by atoms with E-state index in [0.29, 0.717) is 0 Å². The monoisotopic (exact) mass is 235 g/mol. The summed E-state index contributed by atoms with van der Waals surface area (Å²) in [4.78, 5) is 11.3. The van der Waals surface area contributed by atoms with E-state index < -0.39 is 36.9 Å².